The number of piperidine rings is 1. The van der Waals surface area contributed by atoms with Crippen LogP contribution in [0.15, 0.2) is 16.6 Å². The zero-order valence-electron chi connectivity index (χ0n) is 12.8. The molecule has 21 heavy (non-hydrogen) atoms. The highest BCUT2D eigenvalue weighted by Crippen LogP contribution is 2.42. The molecule has 2 rings (SSSR count). The summed E-state index contributed by atoms with van der Waals surface area (Å²) < 4.78 is 11.4. The number of ether oxygens (including phenoxy) is 2. The highest BCUT2D eigenvalue weighted by Gasteiger charge is 2.39. The Bertz CT molecular complexity index is 524. The number of rotatable bonds is 5. The van der Waals surface area contributed by atoms with E-state index in [1.807, 2.05) is 0 Å². The predicted octanol–water partition coefficient (Wildman–Crippen LogP) is 3.43. The molecule has 1 atom stereocenters. The first-order valence-electron chi connectivity index (χ1n) is 7.25. The van der Waals surface area contributed by atoms with Gasteiger partial charge in [0.15, 0.2) is 5.78 Å². The lowest BCUT2D eigenvalue weighted by Gasteiger charge is -2.36. The number of benzene rings is 1. The van der Waals surface area contributed by atoms with Crippen LogP contribution in [-0.2, 0) is 0 Å². The molecule has 0 radical (unpaired) electrons. The molecule has 0 spiro atoms. The van der Waals surface area contributed by atoms with Crippen LogP contribution in [0.25, 0.3) is 0 Å². The van der Waals surface area contributed by atoms with E-state index in [0.29, 0.717) is 21.5 Å². The summed E-state index contributed by atoms with van der Waals surface area (Å²) in [4.78, 5) is 13.1. The van der Waals surface area contributed by atoms with E-state index in [9.17, 15) is 4.79 Å². The second-order valence-electron chi connectivity index (χ2n) is 5.41. The molecule has 1 aromatic rings. The molecule has 1 aliphatic heterocycles. The molecule has 0 aromatic heterocycles. The van der Waals surface area contributed by atoms with E-state index in [2.05, 4.69) is 28.2 Å². The Morgan fingerprint density at radius 3 is 2.67 bits per heavy atom. The van der Waals surface area contributed by atoms with Crippen molar-refractivity contribution >= 4 is 21.7 Å². The Labute approximate surface area is 134 Å². The fourth-order valence-corrected chi connectivity index (χ4v) is 3.65. The Balaban J connectivity index is 2.45. The van der Waals surface area contributed by atoms with Crippen LogP contribution < -0.4 is 14.8 Å². The standard InChI is InChI=1S/C16H22BrNO3/c1-4-16(8-5-9-18-10-16)15(19)11-6-7-12(20-2)13(17)14(11)21-3/h6-7,18H,4-5,8-10H2,1-3H3. The lowest BCUT2D eigenvalue weighted by Crippen LogP contribution is -2.45. The van der Waals surface area contributed by atoms with Crippen molar-refractivity contribution in [2.24, 2.45) is 5.41 Å². The number of Topliss-reactive ketones (excluding diaryl/α,β-unsaturated/α-hetero) is 1. The number of methoxy groups -OCH3 is 2. The van der Waals surface area contributed by atoms with Crippen LogP contribution in [-0.4, -0.2) is 33.1 Å². The van der Waals surface area contributed by atoms with E-state index in [1.54, 1.807) is 26.4 Å². The van der Waals surface area contributed by atoms with Crippen LogP contribution in [0.5, 0.6) is 11.5 Å². The lowest BCUT2D eigenvalue weighted by molar-refractivity contribution is 0.0727. The molecule has 1 heterocycles. The van der Waals surface area contributed by atoms with Crippen molar-refractivity contribution in [3.8, 4) is 11.5 Å². The normalized spacial score (nSPS) is 21.9. The van der Waals surface area contributed by atoms with Crippen LogP contribution in [0.3, 0.4) is 0 Å². The average Bonchev–Trinajstić information content (AvgIpc) is 2.54. The molecule has 0 amide bonds. The Morgan fingerprint density at radius 1 is 1.38 bits per heavy atom. The topological polar surface area (TPSA) is 47.6 Å². The molecule has 1 saturated heterocycles. The molecule has 1 aromatic carbocycles. The Kier molecular flexibility index (Phi) is 5.27. The van der Waals surface area contributed by atoms with Gasteiger partial charge >= 0.3 is 0 Å². The van der Waals surface area contributed by atoms with Gasteiger partial charge in [-0.25, -0.2) is 0 Å². The summed E-state index contributed by atoms with van der Waals surface area (Å²) >= 11 is 3.47. The predicted molar refractivity (Wildman–Crippen MR) is 86.4 cm³/mol. The van der Waals surface area contributed by atoms with E-state index in [1.165, 1.54) is 0 Å². The second kappa shape index (κ2) is 6.79. The third kappa shape index (κ3) is 2.94. The van der Waals surface area contributed by atoms with Gasteiger partial charge < -0.3 is 14.8 Å². The van der Waals surface area contributed by atoms with Crippen LogP contribution >= 0.6 is 15.9 Å². The van der Waals surface area contributed by atoms with E-state index in [0.717, 1.165) is 32.4 Å². The summed E-state index contributed by atoms with van der Waals surface area (Å²) in [5, 5.41) is 3.35. The summed E-state index contributed by atoms with van der Waals surface area (Å²) in [5.74, 6) is 1.37. The van der Waals surface area contributed by atoms with Gasteiger partial charge in [0, 0.05) is 12.0 Å². The Morgan fingerprint density at radius 2 is 2.14 bits per heavy atom. The van der Waals surface area contributed by atoms with Crippen LogP contribution in [0.1, 0.15) is 36.5 Å². The quantitative estimate of drug-likeness (QED) is 0.822. The van der Waals surface area contributed by atoms with Crippen molar-refractivity contribution in [3.63, 3.8) is 0 Å². The molecule has 0 aliphatic carbocycles. The monoisotopic (exact) mass is 355 g/mol. The molecular weight excluding hydrogens is 334 g/mol. The summed E-state index contributed by atoms with van der Waals surface area (Å²) in [5.41, 5.74) is 0.287. The summed E-state index contributed by atoms with van der Waals surface area (Å²) in [7, 11) is 3.17. The maximum absolute atomic E-state index is 13.1. The number of nitrogens with one attached hydrogen (secondary N) is 1. The van der Waals surface area contributed by atoms with E-state index >= 15 is 0 Å². The van der Waals surface area contributed by atoms with Crippen molar-refractivity contribution < 1.29 is 14.3 Å². The molecule has 116 valence electrons. The van der Waals surface area contributed by atoms with Gasteiger partial charge in [-0.1, -0.05) is 6.92 Å². The van der Waals surface area contributed by atoms with E-state index in [-0.39, 0.29) is 11.2 Å². The molecule has 0 bridgehead atoms. The second-order valence-corrected chi connectivity index (χ2v) is 6.20. The fraction of sp³-hybridized carbons (Fsp3) is 0.562. The molecule has 5 heteroatoms. The zero-order chi connectivity index (χ0) is 15.5. The first-order chi connectivity index (χ1) is 10.1. The lowest BCUT2D eigenvalue weighted by atomic mass is 9.72. The van der Waals surface area contributed by atoms with Crippen molar-refractivity contribution in [1.82, 2.24) is 5.32 Å². The zero-order valence-corrected chi connectivity index (χ0v) is 14.4. The van der Waals surface area contributed by atoms with Crippen molar-refractivity contribution in [1.29, 1.82) is 0 Å². The first kappa shape index (κ1) is 16.3. The smallest absolute Gasteiger partial charge is 0.174 e. The fourth-order valence-electron chi connectivity index (χ4n) is 2.98. The average molecular weight is 356 g/mol. The molecule has 0 saturated carbocycles. The first-order valence-corrected chi connectivity index (χ1v) is 8.05. The van der Waals surface area contributed by atoms with Gasteiger partial charge in [0.05, 0.1) is 19.8 Å². The highest BCUT2D eigenvalue weighted by molar-refractivity contribution is 9.10. The highest BCUT2D eigenvalue weighted by atomic mass is 79.9. The largest absolute Gasteiger partial charge is 0.495 e. The van der Waals surface area contributed by atoms with Crippen LogP contribution in [0.2, 0.25) is 0 Å². The number of hydrogen-bond donors (Lipinski definition) is 1. The molecular formula is C16H22BrNO3. The minimum atomic E-state index is -0.334. The van der Waals surface area contributed by atoms with E-state index in [4.69, 9.17) is 9.47 Å². The van der Waals surface area contributed by atoms with Crippen molar-refractivity contribution in [2.45, 2.75) is 26.2 Å². The van der Waals surface area contributed by atoms with Gasteiger partial charge in [-0.2, -0.15) is 0 Å². The van der Waals surface area contributed by atoms with Crippen molar-refractivity contribution in [3.05, 3.63) is 22.2 Å². The minimum absolute atomic E-state index is 0.150. The van der Waals surface area contributed by atoms with Crippen molar-refractivity contribution in [2.75, 3.05) is 27.3 Å². The maximum Gasteiger partial charge on any atom is 0.174 e. The van der Waals surface area contributed by atoms with Gasteiger partial charge in [0.25, 0.3) is 0 Å². The van der Waals surface area contributed by atoms with Gasteiger partial charge in [0.2, 0.25) is 0 Å². The molecule has 1 N–H and O–H groups in total. The summed E-state index contributed by atoms with van der Waals surface area (Å²) in [6.45, 7) is 3.80. The number of ketones is 1. The van der Waals surface area contributed by atoms with Gasteiger partial charge in [0.1, 0.15) is 16.0 Å². The molecule has 1 fully saturated rings. The molecule has 1 aliphatic rings. The number of hydrogen-bond acceptors (Lipinski definition) is 4. The van der Waals surface area contributed by atoms with Gasteiger partial charge in [-0.05, 0) is 53.9 Å². The third-order valence-corrected chi connectivity index (χ3v) is 5.11. The SMILES string of the molecule is CCC1(C(=O)c2ccc(OC)c(Br)c2OC)CCCNC1. The maximum atomic E-state index is 13.1. The Hall–Kier alpha value is -1.07. The summed E-state index contributed by atoms with van der Waals surface area (Å²) in [6.07, 6.45) is 2.77. The van der Waals surface area contributed by atoms with Gasteiger partial charge in [-0.15, -0.1) is 0 Å². The van der Waals surface area contributed by atoms with Gasteiger partial charge in [-0.3, -0.25) is 4.79 Å². The third-order valence-electron chi connectivity index (χ3n) is 4.36. The molecule has 4 nitrogen and oxygen atoms in total. The minimum Gasteiger partial charge on any atom is -0.495 e. The number of halogens is 1. The summed E-state index contributed by atoms with van der Waals surface area (Å²) in [6, 6.07) is 3.61. The van der Waals surface area contributed by atoms with Crippen LogP contribution in [0.4, 0.5) is 0 Å². The van der Waals surface area contributed by atoms with Crippen LogP contribution in [0, 0.1) is 5.41 Å². The number of carbonyl (C=O) groups excluding carboxylic acids is 1. The number of carbonyl (C=O) groups is 1. The van der Waals surface area contributed by atoms with E-state index < -0.39 is 0 Å². The molecule has 1 unspecified atom stereocenters.